The maximum Gasteiger partial charge on any atom is 0.278 e. The Morgan fingerprint density at radius 2 is 0.940 bits per heavy atom. The molecule has 2 heterocycles. The van der Waals surface area contributed by atoms with E-state index in [2.05, 4.69) is 31.9 Å². The van der Waals surface area contributed by atoms with E-state index in [1.165, 1.54) is 0 Å². The average molecular weight is 801 g/mol. The van der Waals surface area contributed by atoms with Crippen molar-refractivity contribution in [3.05, 3.63) is 128 Å². The van der Waals surface area contributed by atoms with Gasteiger partial charge < -0.3 is 18.9 Å². The fourth-order valence-corrected chi connectivity index (χ4v) is 6.54. The normalized spacial score (nSPS) is 15.9. The highest BCUT2D eigenvalue weighted by molar-refractivity contribution is 9.10. The van der Waals surface area contributed by atoms with Crippen LogP contribution in [0.5, 0.6) is 23.0 Å². The highest BCUT2D eigenvalue weighted by Crippen LogP contribution is 2.33. The molecular formula is C38H32Br2N4O6. The third-order valence-corrected chi connectivity index (χ3v) is 9.47. The van der Waals surface area contributed by atoms with E-state index in [4.69, 9.17) is 28.9 Å². The molecule has 6 rings (SSSR count). The summed E-state index contributed by atoms with van der Waals surface area (Å²) < 4.78 is 23.2. The van der Waals surface area contributed by atoms with Crippen molar-refractivity contribution in [3.63, 3.8) is 0 Å². The van der Waals surface area contributed by atoms with E-state index in [-0.39, 0.29) is 36.3 Å². The number of hydrogen-bond donors (Lipinski definition) is 0. The van der Waals surface area contributed by atoms with Crippen LogP contribution in [0.15, 0.2) is 115 Å². The van der Waals surface area contributed by atoms with Gasteiger partial charge in [-0.05, 0) is 59.7 Å². The lowest BCUT2D eigenvalue weighted by molar-refractivity contribution is -0.125. The summed E-state index contributed by atoms with van der Waals surface area (Å²) in [5, 5.41) is 0. The Kier molecular flexibility index (Phi) is 10.5. The molecule has 0 unspecified atom stereocenters. The number of amidine groups is 2. The zero-order chi connectivity index (χ0) is 35.4. The number of benzene rings is 4. The summed E-state index contributed by atoms with van der Waals surface area (Å²) in [7, 11) is 6.24. The van der Waals surface area contributed by atoms with Crippen molar-refractivity contribution in [1.29, 1.82) is 0 Å². The number of halogens is 2. The fraction of sp³-hybridized carbons (Fsp3) is 0.158. The Labute approximate surface area is 306 Å². The minimum atomic E-state index is -0.308. The number of methoxy groups -OCH3 is 4. The molecule has 4 aromatic rings. The molecule has 12 heteroatoms. The van der Waals surface area contributed by atoms with Gasteiger partial charge in [-0.15, -0.1) is 0 Å². The van der Waals surface area contributed by atoms with Crippen LogP contribution < -0.4 is 18.9 Å². The lowest BCUT2D eigenvalue weighted by atomic mass is 10.1. The number of carbonyl (C=O) groups is 2. The van der Waals surface area contributed by atoms with Crippen LogP contribution in [0.3, 0.4) is 0 Å². The summed E-state index contributed by atoms with van der Waals surface area (Å²) in [6, 6.07) is 25.9. The number of carbonyl (C=O) groups excluding carboxylic acids is 2. The molecule has 4 aromatic carbocycles. The third-order valence-electron chi connectivity index (χ3n) is 8.09. The minimum Gasteiger partial charge on any atom is -0.493 e. The number of amides is 2. The summed E-state index contributed by atoms with van der Waals surface area (Å²) >= 11 is 7.25. The molecule has 0 spiro atoms. The van der Waals surface area contributed by atoms with Gasteiger partial charge >= 0.3 is 0 Å². The van der Waals surface area contributed by atoms with Crippen molar-refractivity contribution < 1.29 is 28.5 Å². The van der Waals surface area contributed by atoms with Crippen molar-refractivity contribution >= 4 is 67.5 Å². The molecule has 10 nitrogen and oxygen atoms in total. The predicted octanol–water partition coefficient (Wildman–Crippen LogP) is 7.21. The second-order valence-electron chi connectivity index (χ2n) is 11.0. The number of nitrogens with zero attached hydrogens (tertiary/aromatic N) is 4. The molecule has 2 amide bonds. The smallest absolute Gasteiger partial charge is 0.278 e. The molecule has 2 aliphatic heterocycles. The van der Waals surface area contributed by atoms with E-state index in [9.17, 15) is 9.59 Å². The standard InChI is InChI=1S/C38H32Br2N4O6/c1-47-31-15-13-23(21-33(31)49-3)19-29-37(45)43(35(41-29)25-9-5-7-11-27(25)39)17-18-44-36(26-10-6-8-12-28(26)40)42-30(38(44)46)20-24-14-16-32(48-2)34(22-24)50-4/h5-16,19-22H,17-18H2,1-4H3. The predicted molar refractivity (Wildman–Crippen MR) is 200 cm³/mol. The maximum absolute atomic E-state index is 14.1. The number of hydrogen-bond acceptors (Lipinski definition) is 8. The van der Waals surface area contributed by atoms with E-state index >= 15 is 0 Å². The van der Waals surface area contributed by atoms with Crippen LogP contribution in [0.4, 0.5) is 0 Å². The third kappa shape index (κ3) is 6.94. The van der Waals surface area contributed by atoms with Crippen LogP contribution in [0.1, 0.15) is 22.3 Å². The Balaban J connectivity index is 1.35. The van der Waals surface area contributed by atoms with Gasteiger partial charge in [-0.2, -0.15) is 0 Å². The number of aliphatic imine (C=N–C) groups is 2. The van der Waals surface area contributed by atoms with Gasteiger partial charge in [0.1, 0.15) is 23.1 Å². The van der Waals surface area contributed by atoms with Crippen LogP contribution in [0.2, 0.25) is 0 Å². The molecular weight excluding hydrogens is 768 g/mol. The van der Waals surface area contributed by atoms with E-state index < -0.39 is 0 Å². The van der Waals surface area contributed by atoms with Crippen molar-refractivity contribution in [2.45, 2.75) is 0 Å². The van der Waals surface area contributed by atoms with E-state index in [0.29, 0.717) is 45.8 Å². The first-order valence-corrected chi connectivity index (χ1v) is 17.0. The largest absolute Gasteiger partial charge is 0.493 e. The van der Waals surface area contributed by atoms with Gasteiger partial charge in [0.05, 0.1) is 28.4 Å². The van der Waals surface area contributed by atoms with Gasteiger partial charge in [0, 0.05) is 33.2 Å². The lowest BCUT2D eigenvalue weighted by Gasteiger charge is -2.24. The second kappa shape index (κ2) is 15.1. The zero-order valence-electron chi connectivity index (χ0n) is 27.6. The first-order valence-electron chi connectivity index (χ1n) is 15.4. The molecule has 2 aliphatic rings. The summed E-state index contributed by atoms with van der Waals surface area (Å²) in [6.07, 6.45) is 3.42. The molecule has 0 aromatic heterocycles. The summed E-state index contributed by atoms with van der Waals surface area (Å²) in [6.45, 7) is 0.280. The molecule has 254 valence electrons. The van der Waals surface area contributed by atoms with Crippen molar-refractivity contribution in [2.24, 2.45) is 9.98 Å². The molecule has 0 fully saturated rings. The molecule has 0 N–H and O–H groups in total. The number of ether oxygens (including phenoxy) is 4. The summed E-state index contributed by atoms with van der Waals surface area (Å²) in [5.74, 6) is 2.51. The quantitative estimate of drug-likeness (QED) is 0.149. The van der Waals surface area contributed by atoms with E-state index in [1.807, 2.05) is 60.7 Å². The van der Waals surface area contributed by atoms with Crippen molar-refractivity contribution in [3.8, 4) is 23.0 Å². The monoisotopic (exact) mass is 798 g/mol. The van der Waals surface area contributed by atoms with Crippen LogP contribution in [0, 0.1) is 0 Å². The van der Waals surface area contributed by atoms with Crippen LogP contribution in [-0.2, 0) is 9.59 Å². The maximum atomic E-state index is 14.1. The van der Waals surface area contributed by atoms with Crippen molar-refractivity contribution in [2.75, 3.05) is 41.5 Å². The van der Waals surface area contributed by atoms with Gasteiger partial charge in [0.2, 0.25) is 0 Å². The van der Waals surface area contributed by atoms with Gasteiger partial charge in [0.25, 0.3) is 11.8 Å². The van der Waals surface area contributed by atoms with Crippen molar-refractivity contribution in [1.82, 2.24) is 9.80 Å². The molecule has 50 heavy (non-hydrogen) atoms. The molecule has 0 bridgehead atoms. The Bertz CT molecular complexity index is 1960. The van der Waals surface area contributed by atoms with Gasteiger partial charge in [-0.1, -0.05) is 80.4 Å². The average Bonchev–Trinajstić information content (AvgIpc) is 3.61. The lowest BCUT2D eigenvalue weighted by Crippen LogP contribution is -2.43. The SMILES string of the molecule is COc1ccc(C=C2N=C(c3ccccc3Br)N(CCN3C(=O)C(=Cc4ccc(OC)c(OC)c4)N=C3c3ccccc3Br)C2=O)cc1OC. The van der Waals surface area contributed by atoms with E-state index in [1.54, 1.807) is 74.7 Å². The van der Waals surface area contributed by atoms with Gasteiger partial charge in [-0.3, -0.25) is 19.4 Å². The Hall–Kier alpha value is -5.20. The first kappa shape index (κ1) is 34.7. The number of rotatable bonds is 11. The Morgan fingerprint density at radius 1 is 0.560 bits per heavy atom. The molecule has 0 saturated carbocycles. The summed E-state index contributed by atoms with van der Waals surface area (Å²) in [4.78, 5) is 41.0. The molecule has 0 atom stereocenters. The first-order chi connectivity index (χ1) is 24.3. The topological polar surface area (TPSA) is 102 Å². The zero-order valence-corrected chi connectivity index (χ0v) is 30.8. The minimum absolute atomic E-state index is 0.140. The molecule has 0 radical (unpaired) electrons. The van der Waals surface area contributed by atoms with Gasteiger partial charge in [-0.25, -0.2) is 9.98 Å². The van der Waals surface area contributed by atoms with E-state index in [0.717, 1.165) is 20.1 Å². The van der Waals surface area contributed by atoms with Crippen LogP contribution in [0.25, 0.3) is 12.2 Å². The summed E-state index contributed by atoms with van der Waals surface area (Å²) in [5.41, 5.74) is 3.38. The Morgan fingerprint density at radius 3 is 1.30 bits per heavy atom. The van der Waals surface area contributed by atoms with Gasteiger partial charge in [0.15, 0.2) is 23.0 Å². The second-order valence-corrected chi connectivity index (χ2v) is 12.7. The highest BCUT2D eigenvalue weighted by atomic mass is 79.9. The molecule has 0 aliphatic carbocycles. The van der Waals surface area contributed by atoms with Crippen LogP contribution >= 0.6 is 31.9 Å². The van der Waals surface area contributed by atoms with Crippen LogP contribution in [-0.4, -0.2) is 74.8 Å². The fourth-order valence-electron chi connectivity index (χ4n) is 5.61. The highest BCUT2D eigenvalue weighted by Gasteiger charge is 2.36. The molecule has 0 saturated heterocycles.